The van der Waals surface area contributed by atoms with E-state index in [-0.39, 0.29) is 30.2 Å². The Morgan fingerprint density at radius 2 is 1.58 bits per heavy atom. The lowest BCUT2D eigenvalue weighted by Gasteiger charge is -2.32. The number of nitrogens with zero attached hydrogens (tertiary/aromatic N) is 1. The number of carbonyl (C=O) groups excluding carboxylic acids is 2. The highest BCUT2D eigenvalue weighted by atomic mass is 19.4. The van der Waals surface area contributed by atoms with Crippen LogP contribution in [-0.4, -0.2) is 39.8 Å². The second kappa shape index (κ2) is 8.34. The van der Waals surface area contributed by atoms with E-state index in [9.17, 15) is 22.8 Å². The monoisotopic (exact) mass is 463 g/mol. The SMILES string of the molecule is COc1cc([C@@H]2CC(=O)N(c3ccc(C(F)(F)F)cc3)C3=C2C(=O)OC3)cc(OC)c1OC. The molecule has 0 N–H and O–H groups in total. The third kappa shape index (κ3) is 3.85. The molecule has 33 heavy (non-hydrogen) atoms. The molecule has 0 spiro atoms. The maximum absolute atomic E-state index is 13.2. The van der Waals surface area contributed by atoms with Gasteiger partial charge in [-0.1, -0.05) is 0 Å². The molecular weight excluding hydrogens is 443 g/mol. The Hall–Kier alpha value is -3.69. The van der Waals surface area contributed by atoms with Crippen molar-refractivity contribution < 1.29 is 41.7 Å². The van der Waals surface area contributed by atoms with E-state index in [2.05, 4.69) is 0 Å². The fourth-order valence-corrected chi connectivity index (χ4v) is 4.14. The highest BCUT2D eigenvalue weighted by Gasteiger charge is 2.43. The molecule has 1 amide bonds. The summed E-state index contributed by atoms with van der Waals surface area (Å²) in [5.74, 6) is -0.544. The molecule has 0 bridgehead atoms. The minimum Gasteiger partial charge on any atom is -0.493 e. The highest BCUT2D eigenvalue weighted by Crippen LogP contribution is 2.46. The van der Waals surface area contributed by atoms with Gasteiger partial charge in [-0.2, -0.15) is 13.2 Å². The molecule has 0 fully saturated rings. The number of methoxy groups -OCH3 is 3. The van der Waals surface area contributed by atoms with Gasteiger partial charge in [0, 0.05) is 18.0 Å². The van der Waals surface area contributed by atoms with Crippen molar-refractivity contribution in [3.05, 3.63) is 58.8 Å². The van der Waals surface area contributed by atoms with Gasteiger partial charge in [-0.25, -0.2) is 4.79 Å². The summed E-state index contributed by atoms with van der Waals surface area (Å²) in [5, 5.41) is 0. The molecule has 7 nitrogen and oxygen atoms in total. The summed E-state index contributed by atoms with van der Waals surface area (Å²) in [7, 11) is 4.36. The largest absolute Gasteiger partial charge is 0.493 e. The average Bonchev–Trinajstić information content (AvgIpc) is 3.18. The lowest BCUT2D eigenvalue weighted by molar-refractivity contribution is -0.138. The van der Waals surface area contributed by atoms with E-state index >= 15 is 0 Å². The van der Waals surface area contributed by atoms with Gasteiger partial charge in [0.25, 0.3) is 0 Å². The quantitative estimate of drug-likeness (QED) is 0.623. The molecule has 0 saturated carbocycles. The number of anilines is 1. The second-order valence-corrected chi connectivity index (χ2v) is 7.43. The Labute approximate surface area is 187 Å². The van der Waals surface area contributed by atoms with E-state index in [1.165, 1.54) is 38.4 Å². The number of halogens is 3. The van der Waals surface area contributed by atoms with Crippen LogP contribution < -0.4 is 19.1 Å². The van der Waals surface area contributed by atoms with Gasteiger partial charge in [-0.05, 0) is 42.0 Å². The van der Waals surface area contributed by atoms with Crippen LogP contribution in [0, 0.1) is 0 Å². The van der Waals surface area contributed by atoms with Gasteiger partial charge >= 0.3 is 12.1 Å². The molecular formula is C23H20F3NO6. The zero-order valence-corrected chi connectivity index (χ0v) is 18.0. The lowest BCUT2D eigenvalue weighted by Crippen LogP contribution is -2.37. The number of hydrogen-bond acceptors (Lipinski definition) is 6. The van der Waals surface area contributed by atoms with Crippen molar-refractivity contribution in [2.45, 2.75) is 18.5 Å². The molecule has 0 aromatic heterocycles. The van der Waals surface area contributed by atoms with E-state index in [4.69, 9.17) is 18.9 Å². The van der Waals surface area contributed by atoms with Crippen molar-refractivity contribution >= 4 is 17.6 Å². The zero-order valence-electron chi connectivity index (χ0n) is 18.0. The van der Waals surface area contributed by atoms with E-state index < -0.39 is 23.6 Å². The number of amides is 1. The summed E-state index contributed by atoms with van der Waals surface area (Å²) in [6.45, 7) is -0.165. The third-order valence-electron chi connectivity index (χ3n) is 5.66. The minimum absolute atomic E-state index is 0.104. The predicted molar refractivity (Wildman–Crippen MR) is 110 cm³/mol. The molecule has 2 aromatic carbocycles. The van der Waals surface area contributed by atoms with Crippen molar-refractivity contribution in [2.75, 3.05) is 32.8 Å². The first-order valence-electron chi connectivity index (χ1n) is 9.89. The zero-order chi connectivity index (χ0) is 23.9. The van der Waals surface area contributed by atoms with Crippen LogP contribution in [0.3, 0.4) is 0 Å². The molecule has 0 radical (unpaired) electrons. The van der Waals surface area contributed by atoms with Crippen LogP contribution >= 0.6 is 0 Å². The number of cyclic esters (lactones) is 1. The number of alkyl halides is 3. The summed E-state index contributed by atoms with van der Waals surface area (Å²) >= 11 is 0. The van der Waals surface area contributed by atoms with Gasteiger partial charge < -0.3 is 18.9 Å². The molecule has 4 rings (SSSR count). The topological polar surface area (TPSA) is 74.3 Å². The molecule has 0 aliphatic carbocycles. The molecule has 2 aromatic rings. The van der Waals surface area contributed by atoms with Gasteiger partial charge in [0.2, 0.25) is 11.7 Å². The van der Waals surface area contributed by atoms with Gasteiger partial charge in [0.1, 0.15) is 6.61 Å². The lowest BCUT2D eigenvalue weighted by atomic mass is 9.83. The van der Waals surface area contributed by atoms with Crippen molar-refractivity contribution in [3.8, 4) is 17.2 Å². The molecule has 1 atom stereocenters. The fraction of sp³-hybridized carbons (Fsp3) is 0.304. The Kier molecular flexibility index (Phi) is 5.69. The summed E-state index contributed by atoms with van der Waals surface area (Å²) in [4.78, 5) is 27.0. The first-order chi connectivity index (χ1) is 15.7. The molecule has 2 aliphatic heterocycles. The van der Waals surface area contributed by atoms with E-state index in [1.807, 2.05) is 0 Å². The van der Waals surface area contributed by atoms with E-state index in [1.54, 1.807) is 12.1 Å². The van der Waals surface area contributed by atoms with Crippen molar-refractivity contribution in [2.24, 2.45) is 0 Å². The van der Waals surface area contributed by atoms with E-state index in [0.717, 1.165) is 12.1 Å². The third-order valence-corrected chi connectivity index (χ3v) is 5.66. The summed E-state index contributed by atoms with van der Waals surface area (Å²) < 4.78 is 60.1. The van der Waals surface area contributed by atoms with Gasteiger partial charge in [-0.3, -0.25) is 9.69 Å². The number of hydrogen-bond donors (Lipinski definition) is 0. The molecule has 0 saturated heterocycles. The number of rotatable bonds is 5. The van der Waals surface area contributed by atoms with Crippen LogP contribution in [0.4, 0.5) is 18.9 Å². The maximum atomic E-state index is 13.2. The van der Waals surface area contributed by atoms with Crippen molar-refractivity contribution in [3.63, 3.8) is 0 Å². The molecule has 0 unspecified atom stereocenters. The first-order valence-corrected chi connectivity index (χ1v) is 9.89. The van der Waals surface area contributed by atoms with Gasteiger partial charge in [0.05, 0.1) is 38.2 Å². The van der Waals surface area contributed by atoms with Crippen LogP contribution in [0.1, 0.15) is 23.5 Å². The maximum Gasteiger partial charge on any atom is 0.416 e. The highest BCUT2D eigenvalue weighted by molar-refractivity contribution is 6.06. The Balaban J connectivity index is 1.80. The van der Waals surface area contributed by atoms with Crippen molar-refractivity contribution in [1.82, 2.24) is 0 Å². The number of esters is 1. The van der Waals surface area contributed by atoms with Crippen LogP contribution in [0.5, 0.6) is 17.2 Å². The summed E-state index contributed by atoms with van der Waals surface area (Å²) in [5.41, 5.74) is 0.538. The van der Waals surface area contributed by atoms with Gasteiger partial charge in [0.15, 0.2) is 11.5 Å². The van der Waals surface area contributed by atoms with E-state index in [0.29, 0.717) is 28.5 Å². The number of carbonyl (C=O) groups is 2. The fourth-order valence-electron chi connectivity index (χ4n) is 4.14. The minimum atomic E-state index is -4.50. The molecule has 2 heterocycles. The van der Waals surface area contributed by atoms with Crippen LogP contribution in [0.15, 0.2) is 47.7 Å². The Bertz CT molecular complexity index is 1110. The second-order valence-electron chi connectivity index (χ2n) is 7.43. The van der Waals surface area contributed by atoms with Crippen LogP contribution in [0.2, 0.25) is 0 Å². The molecule has 10 heteroatoms. The Morgan fingerprint density at radius 1 is 0.970 bits per heavy atom. The van der Waals surface area contributed by atoms with Gasteiger partial charge in [-0.15, -0.1) is 0 Å². The normalized spacial score (nSPS) is 18.2. The van der Waals surface area contributed by atoms with Crippen molar-refractivity contribution in [1.29, 1.82) is 0 Å². The molecule has 2 aliphatic rings. The van der Waals surface area contributed by atoms with Crippen LogP contribution in [-0.2, 0) is 20.5 Å². The standard InChI is InChI=1S/C23H20F3NO6/c1-30-17-8-12(9-18(31-2)21(17)32-3)15-10-19(28)27(16-11-33-22(29)20(15)16)14-6-4-13(5-7-14)23(24,25)26/h4-9,15H,10-11H2,1-3H3/t15-/m0/s1. The smallest absolute Gasteiger partial charge is 0.416 e. The Morgan fingerprint density at radius 3 is 2.09 bits per heavy atom. The van der Waals surface area contributed by atoms with Crippen LogP contribution in [0.25, 0.3) is 0 Å². The number of benzene rings is 2. The predicted octanol–water partition coefficient (Wildman–Crippen LogP) is 4.06. The average molecular weight is 463 g/mol. The summed E-state index contributed by atoms with van der Waals surface area (Å²) in [6.07, 6.45) is -4.60. The summed E-state index contributed by atoms with van der Waals surface area (Å²) in [6, 6.07) is 7.51. The number of ether oxygens (including phenoxy) is 4. The molecule has 174 valence electrons. The first kappa shape index (κ1) is 22.5.